The van der Waals surface area contributed by atoms with Crippen molar-refractivity contribution >= 4 is 19.7 Å². The number of aryl methyl sites for hydroxylation is 1. The quantitative estimate of drug-likeness (QED) is 0.768. The summed E-state index contributed by atoms with van der Waals surface area (Å²) in [6.07, 6.45) is 0.727. The number of nitrogens with zero attached hydrogens (tertiary/aromatic N) is 3. The van der Waals surface area contributed by atoms with E-state index < -0.39 is 0 Å². The standard InChI is InChI=1S/C15H17BClN3O2/c1-3-20-15(10(2)14(19-20)4-5-21-16)22-13-7-11(9-18)6-12(17)8-13/h6-8H,3-5,16H2,1-2H3. The van der Waals surface area contributed by atoms with Crippen molar-refractivity contribution in [2.45, 2.75) is 26.8 Å². The maximum atomic E-state index is 9.01. The number of nitriles is 1. The molecule has 7 heteroatoms. The molecule has 22 heavy (non-hydrogen) atoms. The fourth-order valence-corrected chi connectivity index (χ4v) is 2.39. The number of benzene rings is 1. The summed E-state index contributed by atoms with van der Waals surface area (Å²) in [6.45, 7) is 5.26. The lowest BCUT2D eigenvalue weighted by Gasteiger charge is -2.09. The summed E-state index contributed by atoms with van der Waals surface area (Å²) in [5.74, 6) is 1.19. The SMILES string of the molecule is BOCCc1nn(CC)c(Oc2cc(Cl)cc(C#N)c2)c1C. The molecular weight excluding hydrogens is 300 g/mol. The third kappa shape index (κ3) is 3.62. The van der Waals surface area contributed by atoms with Gasteiger partial charge >= 0.3 is 0 Å². The van der Waals surface area contributed by atoms with Crippen LogP contribution in [-0.4, -0.2) is 24.4 Å². The third-order valence-corrected chi connectivity index (χ3v) is 3.51. The van der Waals surface area contributed by atoms with E-state index in [-0.39, 0.29) is 0 Å². The second kappa shape index (κ2) is 7.34. The van der Waals surface area contributed by atoms with E-state index in [2.05, 4.69) is 11.2 Å². The highest BCUT2D eigenvalue weighted by atomic mass is 35.5. The lowest BCUT2D eigenvalue weighted by atomic mass is 10.2. The lowest BCUT2D eigenvalue weighted by molar-refractivity contribution is 0.351. The summed E-state index contributed by atoms with van der Waals surface area (Å²) in [6, 6.07) is 7.01. The van der Waals surface area contributed by atoms with Crippen molar-refractivity contribution in [3.05, 3.63) is 40.0 Å². The predicted octanol–water partition coefficient (Wildman–Crippen LogP) is 2.64. The van der Waals surface area contributed by atoms with Gasteiger partial charge in [0.15, 0.2) is 0 Å². The van der Waals surface area contributed by atoms with Gasteiger partial charge in [0.25, 0.3) is 8.05 Å². The molecule has 1 aromatic carbocycles. The van der Waals surface area contributed by atoms with Crippen LogP contribution in [0.5, 0.6) is 11.6 Å². The molecule has 0 amide bonds. The lowest BCUT2D eigenvalue weighted by Crippen LogP contribution is -2.01. The van der Waals surface area contributed by atoms with Crippen LogP contribution in [0.1, 0.15) is 23.7 Å². The summed E-state index contributed by atoms with van der Waals surface area (Å²) in [7, 11) is 1.67. The zero-order valence-electron chi connectivity index (χ0n) is 12.9. The van der Waals surface area contributed by atoms with E-state index in [9.17, 15) is 0 Å². The second-order valence-corrected chi connectivity index (χ2v) is 5.26. The Hall–Kier alpha value is -1.97. The van der Waals surface area contributed by atoms with Gasteiger partial charge < -0.3 is 9.39 Å². The number of ether oxygens (including phenoxy) is 1. The summed E-state index contributed by atoms with van der Waals surface area (Å²) < 4.78 is 12.8. The first-order chi connectivity index (χ1) is 10.6. The molecule has 0 aliphatic rings. The molecule has 2 aromatic rings. The van der Waals surface area contributed by atoms with Gasteiger partial charge in [-0.05, 0) is 32.0 Å². The molecule has 0 aliphatic heterocycles. The maximum absolute atomic E-state index is 9.01. The first kappa shape index (κ1) is 16.4. The van der Waals surface area contributed by atoms with Gasteiger partial charge in [-0.25, -0.2) is 4.68 Å². The van der Waals surface area contributed by atoms with Crippen molar-refractivity contribution in [3.63, 3.8) is 0 Å². The third-order valence-electron chi connectivity index (χ3n) is 3.29. The van der Waals surface area contributed by atoms with Crippen molar-refractivity contribution in [2.24, 2.45) is 0 Å². The van der Waals surface area contributed by atoms with Crippen LogP contribution in [0.25, 0.3) is 0 Å². The Morgan fingerprint density at radius 3 is 2.82 bits per heavy atom. The Balaban J connectivity index is 2.34. The summed E-state index contributed by atoms with van der Waals surface area (Å²) in [5, 5.41) is 14.0. The molecule has 0 radical (unpaired) electrons. The summed E-state index contributed by atoms with van der Waals surface area (Å²) >= 11 is 6.01. The van der Waals surface area contributed by atoms with Gasteiger partial charge in [0.2, 0.25) is 5.88 Å². The van der Waals surface area contributed by atoms with Crippen LogP contribution in [-0.2, 0) is 17.6 Å². The highest BCUT2D eigenvalue weighted by Crippen LogP contribution is 2.30. The number of rotatable bonds is 6. The molecule has 2 rings (SSSR count). The Morgan fingerprint density at radius 1 is 1.41 bits per heavy atom. The van der Waals surface area contributed by atoms with Crippen molar-refractivity contribution < 1.29 is 9.39 Å². The molecule has 5 nitrogen and oxygen atoms in total. The molecule has 0 N–H and O–H groups in total. The molecule has 0 bridgehead atoms. The Kier molecular flexibility index (Phi) is 5.48. The van der Waals surface area contributed by atoms with Crippen molar-refractivity contribution in [3.8, 4) is 17.7 Å². The molecule has 0 spiro atoms. The molecule has 0 unspecified atom stereocenters. The second-order valence-electron chi connectivity index (χ2n) is 4.82. The van der Waals surface area contributed by atoms with Crippen LogP contribution in [0.4, 0.5) is 0 Å². The van der Waals surface area contributed by atoms with E-state index in [4.69, 9.17) is 26.3 Å². The molecule has 0 atom stereocenters. The van der Waals surface area contributed by atoms with E-state index in [1.54, 1.807) is 30.9 Å². The average Bonchev–Trinajstić information content (AvgIpc) is 2.80. The van der Waals surface area contributed by atoms with Gasteiger partial charge in [-0.2, -0.15) is 10.4 Å². The van der Waals surface area contributed by atoms with Crippen LogP contribution in [0.15, 0.2) is 18.2 Å². The van der Waals surface area contributed by atoms with Crippen LogP contribution in [0.2, 0.25) is 5.02 Å². The number of halogens is 1. The number of aromatic nitrogens is 2. The summed E-state index contributed by atoms with van der Waals surface area (Å²) in [4.78, 5) is 0. The van der Waals surface area contributed by atoms with Crippen molar-refractivity contribution in [2.75, 3.05) is 6.61 Å². The molecule has 1 heterocycles. The van der Waals surface area contributed by atoms with Gasteiger partial charge in [0.1, 0.15) is 5.75 Å². The predicted molar refractivity (Wildman–Crippen MR) is 87.1 cm³/mol. The maximum Gasteiger partial charge on any atom is 0.257 e. The minimum atomic E-state index is 0.460. The Bertz CT molecular complexity index is 710. The largest absolute Gasteiger partial charge is 0.444 e. The molecule has 1 aromatic heterocycles. The Morgan fingerprint density at radius 2 is 2.18 bits per heavy atom. The van der Waals surface area contributed by atoms with E-state index in [0.717, 1.165) is 17.7 Å². The number of hydrogen-bond donors (Lipinski definition) is 0. The molecule has 114 valence electrons. The van der Waals surface area contributed by atoms with E-state index in [1.165, 1.54) is 0 Å². The van der Waals surface area contributed by atoms with Gasteiger partial charge in [0.05, 0.1) is 17.3 Å². The fraction of sp³-hybridized carbons (Fsp3) is 0.333. The van der Waals surface area contributed by atoms with Crippen LogP contribution >= 0.6 is 11.6 Å². The van der Waals surface area contributed by atoms with Gasteiger partial charge in [-0.1, -0.05) is 11.6 Å². The zero-order chi connectivity index (χ0) is 16.1. The molecule has 0 saturated heterocycles. The van der Waals surface area contributed by atoms with E-state index in [1.807, 2.05) is 13.8 Å². The smallest absolute Gasteiger partial charge is 0.257 e. The molecule has 0 aliphatic carbocycles. The summed E-state index contributed by atoms with van der Waals surface area (Å²) in [5.41, 5.74) is 2.38. The molecule has 0 fully saturated rings. The molecular formula is C15H17BClN3O2. The highest BCUT2D eigenvalue weighted by Gasteiger charge is 2.16. The van der Waals surface area contributed by atoms with Crippen molar-refractivity contribution in [1.29, 1.82) is 5.26 Å². The minimum absolute atomic E-state index is 0.460. The van der Waals surface area contributed by atoms with Gasteiger partial charge in [-0.3, -0.25) is 0 Å². The number of hydrogen-bond acceptors (Lipinski definition) is 4. The van der Waals surface area contributed by atoms with E-state index >= 15 is 0 Å². The first-order valence-corrected chi connectivity index (χ1v) is 7.40. The van der Waals surface area contributed by atoms with Crippen molar-refractivity contribution in [1.82, 2.24) is 9.78 Å². The Labute approximate surface area is 135 Å². The topological polar surface area (TPSA) is 60.1 Å². The monoisotopic (exact) mass is 317 g/mol. The van der Waals surface area contributed by atoms with Gasteiger partial charge in [0, 0.05) is 30.2 Å². The average molecular weight is 318 g/mol. The normalized spacial score (nSPS) is 10.5. The van der Waals surface area contributed by atoms with E-state index in [0.29, 0.717) is 35.4 Å². The molecule has 0 saturated carbocycles. The zero-order valence-corrected chi connectivity index (χ0v) is 13.6. The van der Waals surface area contributed by atoms with Crippen LogP contribution < -0.4 is 4.74 Å². The van der Waals surface area contributed by atoms with Crippen LogP contribution in [0, 0.1) is 18.3 Å². The highest BCUT2D eigenvalue weighted by molar-refractivity contribution is 6.30. The minimum Gasteiger partial charge on any atom is -0.444 e. The first-order valence-electron chi connectivity index (χ1n) is 7.02. The van der Waals surface area contributed by atoms with Crippen LogP contribution in [0.3, 0.4) is 0 Å². The fourth-order valence-electron chi connectivity index (χ4n) is 2.16. The van der Waals surface area contributed by atoms with Gasteiger partial charge in [-0.15, -0.1) is 0 Å².